The number of carboxylic acids is 1. The molecule has 0 saturated heterocycles. The standard InChI is InChI=1S/C20H24N2O3S/c1-3-11-21-16-8-6-5-7-14(16)19(26)13-9-10-17(22-18(23)4-2)15(12-13)20(24)25/h5-10,12,19,21,26H,3-4,11H2,1-2H3,(H,22,23)(H,24,25). The fourth-order valence-electron chi connectivity index (χ4n) is 2.59. The zero-order valence-electron chi connectivity index (χ0n) is 15.0. The molecule has 2 aromatic carbocycles. The Labute approximate surface area is 159 Å². The van der Waals surface area contributed by atoms with Gasteiger partial charge in [0.05, 0.1) is 16.5 Å². The van der Waals surface area contributed by atoms with Gasteiger partial charge >= 0.3 is 5.97 Å². The molecule has 2 aromatic rings. The van der Waals surface area contributed by atoms with Gasteiger partial charge in [-0.25, -0.2) is 4.79 Å². The number of carbonyl (C=O) groups is 2. The van der Waals surface area contributed by atoms with Crippen molar-refractivity contribution in [3.63, 3.8) is 0 Å². The molecule has 0 saturated carbocycles. The fraction of sp³-hybridized carbons (Fsp3) is 0.300. The highest BCUT2D eigenvalue weighted by Crippen LogP contribution is 2.35. The van der Waals surface area contributed by atoms with Crippen LogP contribution in [-0.2, 0) is 4.79 Å². The van der Waals surface area contributed by atoms with Gasteiger partial charge in [0.15, 0.2) is 0 Å². The lowest BCUT2D eigenvalue weighted by Gasteiger charge is -2.18. The first kappa shape index (κ1) is 19.8. The van der Waals surface area contributed by atoms with Crippen LogP contribution in [0.4, 0.5) is 11.4 Å². The summed E-state index contributed by atoms with van der Waals surface area (Å²) < 4.78 is 0. The lowest BCUT2D eigenvalue weighted by atomic mass is 9.99. The molecular formula is C20H24N2O3S. The molecule has 0 aliphatic carbocycles. The molecular weight excluding hydrogens is 348 g/mol. The summed E-state index contributed by atoms with van der Waals surface area (Å²) in [6.45, 7) is 4.66. The number of anilines is 2. The summed E-state index contributed by atoms with van der Waals surface area (Å²) in [5.41, 5.74) is 3.07. The van der Waals surface area contributed by atoms with Crippen LogP contribution in [0.1, 0.15) is 53.4 Å². The molecule has 1 unspecified atom stereocenters. The Morgan fingerprint density at radius 1 is 1.12 bits per heavy atom. The summed E-state index contributed by atoms with van der Waals surface area (Å²) >= 11 is 4.72. The van der Waals surface area contributed by atoms with Crippen LogP contribution in [0.5, 0.6) is 0 Å². The number of carbonyl (C=O) groups excluding carboxylic acids is 1. The monoisotopic (exact) mass is 372 g/mol. The Hall–Kier alpha value is -2.47. The van der Waals surface area contributed by atoms with Crippen molar-refractivity contribution in [1.82, 2.24) is 0 Å². The van der Waals surface area contributed by atoms with E-state index in [0.717, 1.165) is 29.8 Å². The van der Waals surface area contributed by atoms with E-state index in [4.69, 9.17) is 12.6 Å². The molecule has 138 valence electrons. The zero-order chi connectivity index (χ0) is 19.1. The number of aromatic carboxylic acids is 1. The second-order valence-corrected chi connectivity index (χ2v) is 6.44. The highest BCUT2D eigenvalue weighted by atomic mass is 32.1. The predicted molar refractivity (Wildman–Crippen MR) is 108 cm³/mol. The first-order valence-electron chi connectivity index (χ1n) is 8.65. The lowest BCUT2D eigenvalue weighted by molar-refractivity contribution is -0.115. The van der Waals surface area contributed by atoms with Gasteiger partial charge in [-0.2, -0.15) is 12.6 Å². The average molecular weight is 372 g/mol. The van der Waals surface area contributed by atoms with Crippen LogP contribution in [0.15, 0.2) is 42.5 Å². The van der Waals surface area contributed by atoms with Gasteiger partial charge in [0.2, 0.25) is 5.91 Å². The fourth-order valence-corrected chi connectivity index (χ4v) is 2.98. The number of para-hydroxylation sites is 1. The minimum Gasteiger partial charge on any atom is -0.478 e. The van der Waals surface area contributed by atoms with E-state index in [1.165, 1.54) is 0 Å². The Kier molecular flexibility index (Phi) is 7.09. The highest BCUT2D eigenvalue weighted by Gasteiger charge is 2.18. The van der Waals surface area contributed by atoms with E-state index in [1.807, 2.05) is 24.3 Å². The summed E-state index contributed by atoms with van der Waals surface area (Å²) in [6.07, 6.45) is 1.28. The summed E-state index contributed by atoms with van der Waals surface area (Å²) in [7, 11) is 0. The van der Waals surface area contributed by atoms with E-state index in [1.54, 1.807) is 25.1 Å². The number of carboxylic acid groups (broad SMARTS) is 1. The van der Waals surface area contributed by atoms with Gasteiger partial charge in [-0.3, -0.25) is 4.79 Å². The second kappa shape index (κ2) is 9.29. The molecule has 3 N–H and O–H groups in total. The van der Waals surface area contributed by atoms with Crippen LogP contribution in [-0.4, -0.2) is 23.5 Å². The van der Waals surface area contributed by atoms with E-state index in [-0.39, 0.29) is 23.1 Å². The Morgan fingerprint density at radius 3 is 2.50 bits per heavy atom. The molecule has 2 rings (SSSR count). The quantitative estimate of drug-likeness (QED) is 0.512. The Balaban J connectivity index is 2.38. The number of amides is 1. The minimum absolute atomic E-state index is 0.0577. The normalized spacial score (nSPS) is 11.7. The molecule has 0 heterocycles. The van der Waals surface area contributed by atoms with Crippen molar-refractivity contribution < 1.29 is 14.7 Å². The smallest absolute Gasteiger partial charge is 0.337 e. The van der Waals surface area contributed by atoms with E-state index in [2.05, 4.69) is 17.6 Å². The first-order valence-corrected chi connectivity index (χ1v) is 9.17. The molecule has 0 aromatic heterocycles. The van der Waals surface area contributed by atoms with Gasteiger partial charge in [0.1, 0.15) is 0 Å². The van der Waals surface area contributed by atoms with Crippen molar-refractivity contribution in [2.45, 2.75) is 31.9 Å². The van der Waals surface area contributed by atoms with Crippen LogP contribution < -0.4 is 10.6 Å². The number of hydrogen-bond acceptors (Lipinski definition) is 4. The SMILES string of the molecule is CCCNc1ccccc1C(S)c1ccc(NC(=O)CC)c(C(=O)O)c1. The van der Waals surface area contributed by atoms with E-state index < -0.39 is 5.97 Å². The van der Waals surface area contributed by atoms with Gasteiger partial charge in [-0.1, -0.05) is 38.1 Å². The maximum atomic E-state index is 11.6. The minimum atomic E-state index is -1.09. The molecule has 0 spiro atoms. The molecule has 0 fully saturated rings. The third-order valence-electron chi connectivity index (χ3n) is 4.01. The van der Waals surface area contributed by atoms with E-state index >= 15 is 0 Å². The molecule has 5 nitrogen and oxygen atoms in total. The van der Waals surface area contributed by atoms with Crippen LogP contribution >= 0.6 is 12.6 Å². The van der Waals surface area contributed by atoms with Crippen molar-refractivity contribution in [1.29, 1.82) is 0 Å². The van der Waals surface area contributed by atoms with Gasteiger partial charge in [-0.05, 0) is 35.7 Å². The molecule has 0 bridgehead atoms. The summed E-state index contributed by atoms with van der Waals surface area (Å²) in [5.74, 6) is -1.31. The molecule has 26 heavy (non-hydrogen) atoms. The molecule has 0 aliphatic rings. The maximum Gasteiger partial charge on any atom is 0.337 e. The third kappa shape index (κ3) is 4.79. The molecule has 1 amide bonds. The maximum absolute atomic E-state index is 11.6. The van der Waals surface area contributed by atoms with Crippen LogP contribution in [0.25, 0.3) is 0 Å². The summed E-state index contributed by atoms with van der Waals surface area (Å²) in [4.78, 5) is 23.2. The lowest BCUT2D eigenvalue weighted by Crippen LogP contribution is -2.14. The number of rotatable bonds is 8. The topological polar surface area (TPSA) is 78.4 Å². The largest absolute Gasteiger partial charge is 0.478 e. The highest BCUT2D eigenvalue weighted by molar-refractivity contribution is 7.80. The van der Waals surface area contributed by atoms with Gasteiger partial charge in [0.25, 0.3) is 0 Å². The molecule has 1 atom stereocenters. The van der Waals surface area contributed by atoms with Gasteiger partial charge in [0, 0.05) is 18.7 Å². The number of thiol groups is 1. The number of benzene rings is 2. The summed E-state index contributed by atoms with van der Waals surface area (Å²) in [6, 6.07) is 12.8. The Bertz CT molecular complexity index is 792. The average Bonchev–Trinajstić information content (AvgIpc) is 2.66. The van der Waals surface area contributed by atoms with Crippen molar-refractivity contribution >= 4 is 35.9 Å². The van der Waals surface area contributed by atoms with E-state index in [0.29, 0.717) is 5.69 Å². The molecule has 0 aliphatic heterocycles. The van der Waals surface area contributed by atoms with Crippen molar-refractivity contribution in [2.24, 2.45) is 0 Å². The van der Waals surface area contributed by atoms with Crippen LogP contribution in [0.3, 0.4) is 0 Å². The number of nitrogens with one attached hydrogen (secondary N) is 2. The predicted octanol–water partition coefficient (Wildman–Crippen LogP) is 4.57. The number of hydrogen-bond donors (Lipinski definition) is 4. The van der Waals surface area contributed by atoms with Crippen LogP contribution in [0.2, 0.25) is 0 Å². The van der Waals surface area contributed by atoms with Crippen molar-refractivity contribution in [3.8, 4) is 0 Å². The van der Waals surface area contributed by atoms with Gasteiger partial charge in [-0.15, -0.1) is 0 Å². The second-order valence-electron chi connectivity index (χ2n) is 5.93. The molecule has 0 radical (unpaired) electrons. The van der Waals surface area contributed by atoms with E-state index in [9.17, 15) is 14.7 Å². The van der Waals surface area contributed by atoms with Crippen molar-refractivity contribution in [2.75, 3.05) is 17.2 Å². The third-order valence-corrected chi connectivity index (χ3v) is 4.58. The molecule has 6 heteroatoms. The zero-order valence-corrected chi connectivity index (χ0v) is 15.8. The van der Waals surface area contributed by atoms with Crippen molar-refractivity contribution in [3.05, 3.63) is 59.2 Å². The van der Waals surface area contributed by atoms with Crippen LogP contribution in [0, 0.1) is 0 Å². The Morgan fingerprint density at radius 2 is 1.85 bits per heavy atom. The van der Waals surface area contributed by atoms with Gasteiger partial charge < -0.3 is 15.7 Å². The first-order chi connectivity index (χ1) is 12.5. The summed E-state index contributed by atoms with van der Waals surface area (Å²) in [5, 5.41) is 15.2.